The summed E-state index contributed by atoms with van der Waals surface area (Å²) < 4.78 is 18.0. The van der Waals surface area contributed by atoms with Crippen molar-refractivity contribution < 1.29 is 33.4 Å². The molecular formula is C51H68O7. The number of carbonyl (C=O) groups is 4. The number of ketones is 2. The molecule has 0 aromatic rings. The Morgan fingerprint density at radius 3 is 2.14 bits per heavy atom. The highest BCUT2D eigenvalue weighted by Crippen LogP contribution is 2.68. The Hall–Kier alpha value is -3.40. The van der Waals surface area contributed by atoms with Crippen molar-refractivity contribution in [3.63, 3.8) is 0 Å². The molecule has 0 amide bonds. The minimum atomic E-state index is -0.990. The van der Waals surface area contributed by atoms with Gasteiger partial charge >= 0.3 is 11.9 Å². The molecule has 9 aliphatic rings. The first-order chi connectivity index (χ1) is 27.5. The summed E-state index contributed by atoms with van der Waals surface area (Å²) >= 11 is 0. The molecule has 0 N–H and O–H groups in total. The van der Waals surface area contributed by atoms with E-state index in [1.54, 1.807) is 6.92 Å². The van der Waals surface area contributed by atoms with Crippen molar-refractivity contribution in [2.45, 2.75) is 175 Å². The fraction of sp³-hybridized carbons (Fsp3) is 0.725. The van der Waals surface area contributed by atoms with Crippen molar-refractivity contribution in [2.75, 3.05) is 0 Å². The topological polar surface area (TPSA) is 96.0 Å². The second kappa shape index (κ2) is 14.9. The lowest BCUT2D eigenvalue weighted by molar-refractivity contribution is -0.185. The van der Waals surface area contributed by atoms with Crippen molar-refractivity contribution in [3.05, 3.63) is 46.8 Å². The van der Waals surface area contributed by atoms with Gasteiger partial charge in [0, 0.05) is 37.5 Å². The Morgan fingerprint density at radius 1 is 0.759 bits per heavy atom. The molecule has 314 valence electrons. The van der Waals surface area contributed by atoms with Gasteiger partial charge in [0.25, 0.3) is 0 Å². The number of rotatable bonds is 5. The molecule has 0 aliphatic heterocycles. The molecule has 0 radical (unpaired) electrons. The number of Topliss-reactive ketones (excluding diaryl/α,β-unsaturated/α-hetero) is 1. The SMILES string of the molecule is C#C[C@]1(OC(C)=O)CC[C@H]2[C@@H]3CC=C4C=C(OC5CCCC5)CC[C@@H]4[C@H]3CC[C@@]21C.CC(=O)O[C@]1(C(C)=O)CC[C@H]2[C@@H]3C=C(C)C4=CC(=O)CC[C@]4(C)[C@H]3CC[C@@]21C. The lowest BCUT2D eigenvalue weighted by Gasteiger charge is -2.58. The maximum Gasteiger partial charge on any atom is 0.304 e. The highest BCUT2D eigenvalue weighted by Gasteiger charge is 2.68. The van der Waals surface area contributed by atoms with E-state index in [1.165, 1.54) is 74.9 Å². The molecule has 5 saturated carbocycles. The van der Waals surface area contributed by atoms with E-state index in [0.29, 0.717) is 54.5 Å². The largest absolute Gasteiger partial charge is 0.495 e. The maximum absolute atomic E-state index is 12.8. The standard InChI is InChI=1S/C27H36O3.C24H32O4/c1-4-27(30-18(2)28)16-14-25-24-11-9-19-17-21(29-20-7-5-6-8-20)10-12-22(19)23(24)13-15-26(25,27)3;1-14-12-18-19(22(4)9-6-17(27)13-21(14)22)7-10-23(5)20(18)8-11-24(23,15(2)25)28-16(3)26/h1,9,17,20,22-25H,5-8,10-16H2,2-3H3;12-13,18-20H,6-11H2,1-5H3/t22-,23+,24+,25-,26-,27-;18-,19+,20+,22-,23+,24+/m01/s1. The molecule has 0 aromatic carbocycles. The van der Waals surface area contributed by atoms with Gasteiger partial charge in [-0.2, -0.15) is 0 Å². The van der Waals surface area contributed by atoms with E-state index in [1.807, 2.05) is 6.08 Å². The summed E-state index contributed by atoms with van der Waals surface area (Å²) in [5.74, 6) is 7.58. The second-order valence-electron chi connectivity index (χ2n) is 20.8. The van der Waals surface area contributed by atoms with Gasteiger partial charge in [0.15, 0.2) is 22.8 Å². The zero-order chi connectivity index (χ0) is 41.4. The maximum atomic E-state index is 12.8. The van der Waals surface area contributed by atoms with Crippen LogP contribution in [0.15, 0.2) is 46.8 Å². The molecule has 0 saturated heterocycles. The van der Waals surface area contributed by atoms with E-state index in [9.17, 15) is 19.2 Å². The molecule has 0 heterocycles. The third-order valence-corrected chi connectivity index (χ3v) is 18.2. The first-order valence-electron chi connectivity index (χ1n) is 22.9. The van der Waals surface area contributed by atoms with Crippen LogP contribution in [0.3, 0.4) is 0 Å². The number of fused-ring (bicyclic) bond motifs is 10. The number of hydrogen-bond acceptors (Lipinski definition) is 7. The molecule has 0 bridgehead atoms. The van der Waals surface area contributed by atoms with Crippen LogP contribution in [0, 0.1) is 70.0 Å². The van der Waals surface area contributed by atoms with Crippen molar-refractivity contribution in [1.29, 1.82) is 0 Å². The Labute approximate surface area is 347 Å². The highest BCUT2D eigenvalue weighted by molar-refractivity contribution is 5.92. The number of terminal acetylenes is 1. The van der Waals surface area contributed by atoms with Crippen LogP contribution in [0.25, 0.3) is 0 Å². The van der Waals surface area contributed by atoms with Gasteiger partial charge in [-0.05, 0) is 180 Å². The quantitative estimate of drug-likeness (QED) is 0.202. The van der Waals surface area contributed by atoms with Crippen molar-refractivity contribution >= 4 is 23.5 Å². The molecule has 9 aliphatic carbocycles. The van der Waals surface area contributed by atoms with E-state index < -0.39 is 11.2 Å². The molecular weight excluding hydrogens is 725 g/mol. The Balaban J connectivity index is 0.000000162. The van der Waals surface area contributed by atoms with Gasteiger partial charge in [0.1, 0.15) is 0 Å². The lowest BCUT2D eigenvalue weighted by atomic mass is 9.47. The van der Waals surface area contributed by atoms with Gasteiger partial charge < -0.3 is 14.2 Å². The van der Waals surface area contributed by atoms with E-state index in [4.69, 9.17) is 20.6 Å². The van der Waals surface area contributed by atoms with Crippen molar-refractivity contribution in [3.8, 4) is 12.3 Å². The predicted octanol–water partition coefficient (Wildman–Crippen LogP) is 10.5. The van der Waals surface area contributed by atoms with Gasteiger partial charge in [-0.1, -0.05) is 44.4 Å². The first kappa shape index (κ1) is 41.3. The third kappa shape index (κ3) is 6.34. The fourth-order valence-corrected chi connectivity index (χ4v) is 15.4. The minimum absolute atomic E-state index is 0.0160. The van der Waals surface area contributed by atoms with Crippen LogP contribution < -0.4 is 0 Å². The predicted molar refractivity (Wildman–Crippen MR) is 224 cm³/mol. The van der Waals surface area contributed by atoms with Crippen LogP contribution in [-0.4, -0.2) is 40.8 Å². The Morgan fingerprint density at radius 2 is 1.45 bits per heavy atom. The van der Waals surface area contributed by atoms with E-state index >= 15 is 0 Å². The van der Waals surface area contributed by atoms with Gasteiger partial charge in [0.05, 0.1) is 11.9 Å². The zero-order valence-electron chi connectivity index (χ0n) is 36.4. The molecule has 5 fully saturated rings. The molecule has 7 heteroatoms. The average molecular weight is 793 g/mol. The van der Waals surface area contributed by atoms with Crippen LogP contribution in [0.4, 0.5) is 0 Å². The molecule has 58 heavy (non-hydrogen) atoms. The Bertz CT molecular complexity index is 1900. The van der Waals surface area contributed by atoms with Crippen LogP contribution in [-0.2, 0) is 33.4 Å². The molecule has 0 unspecified atom stereocenters. The van der Waals surface area contributed by atoms with E-state index in [2.05, 4.69) is 51.8 Å². The molecule has 0 aromatic heterocycles. The van der Waals surface area contributed by atoms with Crippen molar-refractivity contribution in [1.82, 2.24) is 0 Å². The van der Waals surface area contributed by atoms with Crippen molar-refractivity contribution in [2.24, 2.45) is 57.7 Å². The summed E-state index contributed by atoms with van der Waals surface area (Å²) in [5.41, 5.74) is 1.87. The number of ether oxygens (including phenoxy) is 3. The lowest BCUT2D eigenvalue weighted by Crippen LogP contribution is -2.58. The van der Waals surface area contributed by atoms with Crippen LogP contribution in [0.1, 0.15) is 158 Å². The highest BCUT2D eigenvalue weighted by atomic mass is 16.6. The number of esters is 2. The Kier molecular flexibility index (Phi) is 10.7. The van der Waals surface area contributed by atoms with Gasteiger partial charge in [0.2, 0.25) is 0 Å². The molecule has 12 atom stereocenters. The molecule has 7 nitrogen and oxygen atoms in total. The minimum Gasteiger partial charge on any atom is -0.495 e. The average Bonchev–Trinajstić information content (AvgIpc) is 3.87. The number of allylic oxidation sites excluding steroid dienone is 8. The molecule has 9 rings (SSSR count). The second-order valence-corrected chi connectivity index (χ2v) is 20.8. The molecule has 0 spiro atoms. The van der Waals surface area contributed by atoms with E-state index in [-0.39, 0.29) is 39.8 Å². The smallest absolute Gasteiger partial charge is 0.304 e. The van der Waals surface area contributed by atoms with E-state index in [0.717, 1.165) is 63.7 Å². The van der Waals surface area contributed by atoms with Crippen LogP contribution in [0.5, 0.6) is 0 Å². The summed E-state index contributed by atoms with van der Waals surface area (Å²) in [7, 11) is 0. The van der Waals surface area contributed by atoms with Crippen LogP contribution >= 0.6 is 0 Å². The summed E-state index contributed by atoms with van der Waals surface area (Å²) in [5, 5.41) is 0. The van der Waals surface area contributed by atoms with Gasteiger partial charge in [-0.25, -0.2) is 0 Å². The normalized spacial score (nSPS) is 43.7. The first-order valence-corrected chi connectivity index (χ1v) is 22.9. The van der Waals surface area contributed by atoms with Gasteiger partial charge in [-0.15, -0.1) is 6.42 Å². The third-order valence-electron chi connectivity index (χ3n) is 18.2. The fourth-order valence-electron chi connectivity index (χ4n) is 15.4. The summed E-state index contributed by atoms with van der Waals surface area (Å²) in [6.45, 7) is 13.4. The zero-order valence-corrected chi connectivity index (χ0v) is 36.4. The summed E-state index contributed by atoms with van der Waals surface area (Å²) in [6.07, 6.45) is 33.2. The summed E-state index contributed by atoms with van der Waals surface area (Å²) in [4.78, 5) is 48.6. The number of carbonyl (C=O) groups excluding carboxylic acids is 4. The number of hydrogen-bond donors (Lipinski definition) is 0. The monoisotopic (exact) mass is 792 g/mol. The van der Waals surface area contributed by atoms with Gasteiger partial charge in [-0.3, -0.25) is 19.2 Å². The summed E-state index contributed by atoms with van der Waals surface area (Å²) in [6, 6.07) is 0. The van der Waals surface area contributed by atoms with Crippen LogP contribution in [0.2, 0.25) is 0 Å².